The first kappa shape index (κ1) is 17.0. The van der Waals surface area contributed by atoms with Gasteiger partial charge in [0, 0.05) is 45.4 Å². The van der Waals surface area contributed by atoms with Crippen LogP contribution in [0.2, 0.25) is 0 Å². The summed E-state index contributed by atoms with van der Waals surface area (Å²) in [6.07, 6.45) is 6.52. The number of rotatable bonds is 4. The number of likely N-dealkylation sites (tertiary alicyclic amines) is 1. The molecule has 24 heavy (non-hydrogen) atoms. The molecule has 5 nitrogen and oxygen atoms in total. The number of aromatic nitrogens is 2. The Balaban J connectivity index is 1.70. The Morgan fingerprint density at radius 1 is 1.29 bits per heavy atom. The van der Waals surface area contributed by atoms with Crippen LogP contribution in [-0.2, 0) is 17.4 Å². The van der Waals surface area contributed by atoms with Gasteiger partial charge in [0.1, 0.15) is 16.7 Å². The van der Waals surface area contributed by atoms with Crippen molar-refractivity contribution >= 4 is 17.7 Å². The molecule has 128 valence electrons. The van der Waals surface area contributed by atoms with Crippen molar-refractivity contribution in [1.29, 1.82) is 0 Å². The fourth-order valence-corrected chi connectivity index (χ4v) is 4.09. The molecular weight excluding hydrogens is 322 g/mol. The highest BCUT2D eigenvalue weighted by Crippen LogP contribution is 2.34. The molecular formula is C18H23N3O2S. The van der Waals surface area contributed by atoms with Crippen LogP contribution in [0.5, 0.6) is 0 Å². The molecule has 1 aliphatic heterocycles. The third kappa shape index (κ3) is 3.21. The fourth-order valence-electron chi connectivity index (χ4n) is 3.31. The van der Waals surface area contributed by atoms with E-state index in [4.69, 9.17) is 0 Å². The highest BCUT2D eigenvalue weighted by Gasteiger charge is 2.39. The largest absolute Gasteiger partial charge is 0.382 e. The fraction of sp³-hybridized carbons (Fsp3) is 0.444. The topological polar surface area (TPSA) is 58.4 Å². The van der Waals surface area contributed by atoms with Gasteiger partial charge >= 0.3 is 0 Å². The SMILES string of the molecule is CSC(C(=O)N1CCC(O)(c2nccn2C)CC1)c1ccccc1. The molecule has 0 saturated carbocycles. The van der Waals surface area contributed by atoms with Crippen LogP contribution in [0.3, 0.4) is 0 Å². The van der Waals surface area contributed by atoms with E-state index in [0.29, 0.717) is 31.8 Å². The van der Waals surface area contributed by atoms with Gasteiger partial charge in [0.2, 0.25) is 5.91 Å². The first-order chi connectivity index (χ1) is 11.5. The van der Waals surface area contributed by atoms with Gasteiger partial charge in [0.05, 0.1) is 0 Å². The van der Waals surface area contributed by atoms with Crippen molar-refractivity contribution in [2.24, 2.45) is 7.05 Å². The number of carbonyl (C=O) groups is 1. The number of carbonyl (C=O) groups excluding carboxylic acids is 1. The molecule has 0 spiro atoms. The molecule has 1 atom stereocenters. The molecule has 6 heteroatoms. The van der Waals surface area contributed by atoms with Crippen LogP contribution in [0.1, 0.15) is 29.5 Å². The van der Waals surface area contributed by atoms with Crippen LogP contribution in [0.25, 0.3) is 0 Å². The monoisotopic (exact) mass is 345 g/mol. The lowest BCUT2D eigenvalue weighted by atomic mass is 9.90. The molecule has 0 aliphatic carbocycles. The van der Waals surface area contributed by atoms with E-state index in [9.17, 15) is 9.90 Å². The Morgan fingerprint density at radius 3 is 2.50 bits per heavy atom. The smallest absolute Gasteiger partial charge is 0.240 e. The minimum atomic E-state index is -0.948. The maximum absolute atomic E-state index is 12.9. The second kappa shape index (κ2) is 6.99. The second-order valence-corrected chi connectivity index (χ2v) is 7.19. The normalized spacial score (nSPS) is 18.4. The van der Waals surface area contributed by atoms with Crippen LogP contribution in [-0.4, -0.2) is 44.8 Å². The van der Waals surface area contributed by atoms with Gasteiger partial charge in [-0.25, -0.2) is 4.98 Å². The standard InChI is InChI=1S/C18H23N3O2S/c1-20-13-10-19-17(20)18(23)8-11-21(12-9-18)16(22)15(24-2)14-6-4-3-5-7-14/h3-7,10,13,15,23H,8-9,11-12H2,1-2H3. The molecule has 1 amide bonds. The highest BCUT2D eigenvalue weighted by molar-refractivity contribution is 7.99. The minimum absolute atomic E-state index is 0.121. The summed E-state index contributed by atoms with van der Waals surface area (Å²) in [5, 5.41) is 10.7. The number of nitrogens with zero attached hydrogens (tertiary/aromatic N) is 3. The number of aliphatic hydroxyl groups is 1. The lowest BCUT2D eigenvalue weighted by molar-refractivity contribution is -0.135. The molecule has 3 rings (SSSR count). The van der Waals surface area contributed by atoms with E-state index in [-0.39, 0.29) is 11.2 Å². The molecule has 1 N–H and O–H groups in total. The van der Waals surface area contributed by atoms with E-state index >= 15 is 0 Å². The van der Waals surface area contributed by atoms with Gasteiger partial charge in [-0.05, 0) is 11.8 Å². The molecule has 0 bridgehead atoms. The molecule has 2 aromatic rings. The Labute approximate surface area is 146 Å². The number of imidazole rings is 1. The molecule has 1 unspecified atom stereocenters. The highest BCUT2D eigenvalue weighted by atomic mass is 32.2. The Kier molecular flexibility index (Phi) is 4.96. The number of piperidine rings is 1. The van der Waals surface area contributed by atoms with Crippen molar-refractivity contribution in [2.75, 3.05) is 19.3 Å². The molecule has 0 radical (unpaired) electrons. The summed E-state index contributed by atoms with van der Waals surface area (Å²) in [5.74, 6) is 0.801. The number of benzene rings is 1. The zero-order valence-corrected chi connectivity index (χ0v) is 14.9. The maximum Gasteiger partial charge on any atom is 0.240 e. The van der Waals surface area contributed by atoms with Gasteiger partial charge in [0.15, 0.2) is 0 Å². The van der Waals surface area contributed by atoms with E-state index in [0.717, 1.165) is 5.56 Å². The molecule has 1 aliphatic rings. The average Bonchev–Trinajstić information content (AvgIpc) is 3.04. The average molecular weight is 345 g/mol. The summed E-state index contributed by atoms with van der Waals surface area (Å²) in [6.45, 7) is 1.10. The molecule has 2 heterocycles. The minimum Gasteiger partial charge on any atom is -0.382 e. The van der Waals surface area contributed by atoms with Crippen molar-refractivity contribution in [1.82, 2.24) is 14.5 Å². The van der Waals surface area contributed by atoms with E-state index in [2.05, 4.69) is 4.98 Å². The first-order valence-corrected chi connectivity index (χ1v) is 9.40. The first-order valence-electron chi connectivity index (χ1n) is 8.12. The van der Waals surface area contributed by atoms with Crippen LogP contribution in [0, 0.1) is 0 Å². The summed E-state index contributed by atoms with van der Waals surface area (Å²) in [7, 11) is 1.89. The van der Waals surface area contributed by atoms with E-state index in [1.54, 1.807) is 18.0 Å². The maximum atomic E-state index is 12.9. The van der Waals surface area contributed by atoms with Gasteiger partial charge in [0.25, 0.3) is 0 Å². The molecule has 1 aromatic heterocycles. The number of aryl methyl sites for hydroxylation is 1. The number of hydrogen-bond acceptors (Lipinski definition) is 4. The zero-order chi connectivity index (χ0) is 17.2. The van der Waals surface area contributed by atoms with Crippen LogP contribution in [0.4, 0.5) is 0 Å². The van der Waals surface area contributed by atoms with Gasteiger partial charge in [-0.2, -0.15) is 0 Å². The van der Waals surface area contributed by atoms with Gasteiger partial charge < -0.3 is 14.6 Å². The lowest BCUT2D eigenvalue weighted by Gasteiger charge is -2.38. The predicted molar refractivity (Wildman–Crippen MR) is 95.6 cm³/mol. The lowest BCUT2D eigenvalue weighted by Crippen LogP contribution is -2.47. The third-order valence-corrected chi connectivity index (χ3v) is 5.65. The van der Waals surface area contributed by atoms with Crippen molar-refractivity contribution in [2.45, 2.75) is 23.7 Å². The Bertz CT molecular complexity index is 693. The number of hydrogen-bond donors (Lipinski definition) is 1. The molecule has 1 aromatic carbocycles. The summed E-state index contributed by atoms with van der Waals surface area (Å²) in [6, 6.07) is 9.86. The summed E-state index contributed by atoms with van der Waals surface area (Å²) < 4.78 is 1.85. The van der Waals surface area contributed by atoms with Crippen molar-refractivity contribution in [3.05, 3.63) is 54.1 Å². The Hall–Kier alpha value is -1.79. The summed E-state index contributed by atoms with van der Waals surface area (Å²) in [4.78, 5) is 19.0. The van der Waals surface area contributed by atoms with E-state index in [1.807, 2.05) is 59.3 Å². The van der Waals surface area contributed by atoms with Crippen LogP contribution in [0.15, 0.2) is 42.7 Å². The predicted octanol–water partition coefficient (Wildman–Crippen LogP) is 2.33. The quantitative estimate of drug-likeness (QED) is 0.924. The second-order valence-electron chi connectivity index (χ2n) is 6.25. The Morgan fingerprint density at radius 2 is 1.96 bits per heavy atom. The van der Waals surface area contributed by atoms with Crippen LogP contribution >= 0.6 is 11.8 Å². The third-order valence-electron chi connectivity index (χ3n) is 4.70. The van der Waals surface area contributed by atoms with Gasteiger partial charge in [-0.1, -0.05) is 30.3 Å². The molecule has 1 fully saturated rings. The zero-order valence-electron chi connectivity index (χ0n) is 14.1. The van der Waals surface area contributed by atoms with Gasteiger partial charge in [-0.15, -0.1) is 11.8 Å². The van der Waals surface area contributed by atoms with Crippen molar-refractivity contribution in [3.8, 4) is 0 Å². The van der Waals surface area contributed by atoms with Crippen molar-refractivity contribution < 1.29 is 9.90 Å². The van der Waals surface area contributed by atoms with Crippen LogP contribution < -0.4 is 0 Å². The van der Waals surface area contributed by atoms with Crippen molar-refractivity contribution in [3.63, 3.8) is 0 Å². The van der Waals surface area contributed by atoms with E-state index in [1.165, 1.54) is 0 Å². The summed E-state index contributed by atoms with van der Waals surface area (Å²) in [5.41, 5.74) is 0.0799. The summed E-state index contributed by atoms with van der Waals surface area (Å²) >= 11 is 1.55. The van der Waals surface area contributed by atoms with E-state index < -0.39 is 5.60 Å². The number of amides is 1. The molecule has 1 saturated heterocycles. The number of thioether (sulfide) groups is 1. The van der Waals surface area contributed by atoms with Gasteiger partial charge in [-0.3, -0.25) is 4.79 Å².